The summed E-state index contributed by atoms with van der Waals surface area (Å²) in [6, 6.07) is 12.1. The van der Waals surface area contributed by atoms with Gasteiger partial charge in [-0.05, 0) is 51.1 Å². The molecule has 2 N–H and O–H groups in total. The Bertz CT molecular complexity index is 580. The molecule has 2 heterocycles. The molecule has 5 nitrogen and oxygen atoms in total. The smallest absolute Gasteiger partial charge is 0.191 e. The Morgan fingerprint density at radius 3 is 2.57 bits per heavy atom. The Kier molecular flexibility index (Phi) is 8.62. The van der Waals surface area contributed by atoms with Crippen LogP contribution in [0.15, 0.2) is 35.3 Å². The van der Waals surface area contributed by atoms with Gasteiger partial charge in [-0.3, -0.25) is 9.89 Å². The average Bonchev–Trinajstić information content (AvgIpc) is 2.73. The van der Waals surface area contributed by atoms with Crippen molar-refractivity contribution >= 4 is 5.96 Å². The normalized spacial score (nSPS) is 22.9. The lowest BCUT2D eigenvalue weighted by atomic mass is 10.0. The zero-order valence-corrected chi connectivity index (χ0v) is 17.9. The number of guanidine groups is 1. The molecule has 0 aliphatic carbocycles. The van der Waals surface area contributed by atoms with Gasteiger partial charge in [-0.1, -0.05) is 36.8 Å². The molecular formula is C23H39N5. The van der Waals surface area contributed by atoms with Crippen LogP contribution in [0.1, 0.15) is 51.0 Å². The average molecular weight is 386 g/mol. The highest BCUT2D eigenvalue weighted by Crippen LogP contribution is 2.16. The van der Waals surface area contributed by atoms with Crippen molar-refractivity contribution in [3.63, 3.8) is 0 Å². The Morgan fingerprint density at radius 2 is 1.86 bits per heavy atom. The lowest BCUT2D eigenvalue weighted by Crippen LogP contribution is -2.49. The molecule has 0 radical (unpaired) electrons. The number of hydrogen-bond donors (Lipinski definition) is 2. The van der Waals surface area contributed by atoms with Crippen molar-refractivity contribution in [1.29, 1.82) is 0 Å². The van der Waals surface area contributed by atoms with Crippen LogP contribution in [0.4, 0.5) is 0 Å². The fourth-order valence-corrected chi connectivity index (χ4v) is 4.44. The van der Waals surface area contributed by atoms with Crippen LogP contribution in [0.25, 0.3) is 0 Å². The summed E-state index contributed by atoms with van der Waals surface area (Å²) < 4.78 is 0. The standard InChI is InChI=1S/C23H39N5/c1-20-9-6-7-15-28(20)16-8-14-25-23(24-2)26-22-12-17-27(18-13-22)19-21-10-4-3-5-11-21/h3-5,10-11,20,22H,6-9,12-19H2,1-2H3,(H2,24,25,26). The van der Waals surface area contributed by atoms with Crippen molar-refractivity contribution < 1.29 is 0 Å². The fraction of sp³-hybridized carbons (Fsp3) is 0.696. The van der Waals surface area contributed by atoms with Gasteiger partial charge in [0.15, 0.2) is 5.96 Å². The third kappa shape index (κ3) is 6.78. The van der Waals surface area contributed by atoms with Gasteiger partial charge < -0.3 is 15.5 Å². The van der Waals surface area contributed by atoms with Gasteiger partial charge in [0.2, 0.25) is 0 Å². The highest BCUT2D eigenvalue weighted by molar-refractivity contribution is 5.79. The second-order valence-corrected chi connectivity index (χ2v) is 8.41. The third-order valence-electron chi connectivity index (χ3n) is 6.26. The molecule has 3 rings (SSSR count). The summed E-state index contributed by atoms with van der Waals surface area (Å²) in [7, 11) is 1.88. The number of aliphatic imine (C=N–C) groups is 1. The molecule has 0 aromatic heterocycles. The monoisotopic (exact) mass is 385 g/mol. The third-order valence-corrected chi connectivity index (χ3v) is 6.26. The number of rotatable bonds is 7. The van der Waals surface area contributed by atoms with Gasteiger partial charge in [-0.2, -0.15) is 0 Å². The van der Waals surface area contributed by atoms with E-state index < -0.39 is 0 Å². The zero-order valence-electron chi connectivity index (χ0n) is 17.9. The molecule has 1 aromatic carbocycles. The molecule has 1 unspecified atom stereocenters. The first-order chi connectivity index (χ1) is 13.7. The highest BCUT2D eigenvalue weighted by Gasteiger charge is 2.20. The van der Waals surface area contributed by atoms with E-state index >= 15 is 0 Å². The highest BCUT2D eigenvalue weighted by atomic mass is 15.2. The summed E-state index contributed by atoms with van der Waals surface area (Å²) in [6.45, 7) is 9.20. The SMILES string of the molecule is CN=C(NCCCN1CCCCC1C)NC1CCN(Cc2ccccc2)CC1. The van der Waals surface area contributed by atoms with Crippen LogP contribution in [0.3, 0.4) is 0 Å². The Hall–Kier alpha value is -1.59. The van der Waals surface area contributed by atoms with E-state index in [0.717, 1.165) is 38.2 Å². The Labute approximate surface area is 171 Å². The van der Waals surface area contributed by atoms with Crippen LogP contribution in [0, 0.1) is 0 Å². The Balaban J connectivity index is 1.31. The molecule has 2 saturated heterocycles. The predicted octanol–water partition coefficient (Wildman–Crippen LogP) is 3.08. The number of nitrogens with zero attached hydrogens (tertiary/aromatic N) is 3. The number of piperidine rings is 2. The molecule has 0 saturated carbocycles. The summed E-state index contributed by atoms with van der Waals surface area (Å²) in [5.74, 6) is 0.966. The maximum atomic E-state index is 4.44. The molecule has 2 aliphatic rings. The number of likely N-dealkylation sites (tertiary alicyclic amines) is 2. The molecule has 0 amide bonds. The van der Waals surface area contributed by atoms with Gasteiger partial charge in [-0.15, -0.1) is 0 Å². The molecule has 2 aliphatic heterocycles. The van der Waals surface area contributed by atoms with Crippen LogP contribution in [-0.4, -0.2) is 67.6 Å². The molecule has 2 fully saturated rings. The van der Waals surface area contributed by atoms with Gasteiger partial charge in [-0.25, -0.2) is 0 Å². The van der Waals surface area contributed by atoms with Crippen LogP contribution in [-0.2, 0) is 6.54 Å². The molecule has 0 spiro atoms. The predicted molar refractivity (Wildman–Crippen MR) is 119 cm³/mol. The second kappa shape index (κ2) is 11.4. The van der Waals surface area contributed by atoms with Gasteiger partial charge in [0.1, 0.15) is 0 Å². The van der Waals surface area contributed by atoms with Crippen molar-refractivity contribution in [2.24, 2.45) is 4.99 Å². The van der Waals surface area contributed by atoms with Crippen molar-refractivity contribution in [2.75, 3.05) is 39.8 Å². The van der Waals surface area contributed by atoms with Gasteiger partial charge in [0, 0.05) is 51.9 Å². The van der Waals surface area contributed by atoms with Crippen molar-refractivity contribution in [1.82, 2.24) is 20.4 Å². The fourth-order valence-electron chi connectivity index (χ4n) is 4.44. The maximum Gasteiger partial charge on any atom is 0.191 e. The summed E-state index contributed by atoms with van der Waals surface area (Å²) in [5.41, 5.74) is 1.41. The molecule has 156 valence electrons. The minimum Gasteiger partial charge on any atom is -0.356 e. The van der Waals surface area contributed by atoms with E-state index in [0.29, 0.717) is 6.04 Å². The second-order valence-electron chi connectivity index (χ2n) is 8.41. The van der Waals surface area contributed by atoms with E-state index in [9.17, 15) is 0 Å². The molecule has 28 heavy (non-hydrogen) atoms. The summed E-state index contributed by atoms with van der Waals surface area (Å²) in [5, 5.41) is 7.16. The maximum absolute atomic E-state index is 4.44. The van der Waals surface area contributed by atoms with E-state index in [2.05, 4.69) is 62.7 Å². The van der Waals surface area contributed by atoms with Gasteiger partial charge in [0.05, 0.1) is 0 Å². The van der Waals surface area contributed by atoms with Crippen LogP contribution < -0.4 is 10.6 Å². The first-order valence-electron chi connectivity index (χ1n) is 11.2. The zero-order chi connectivity index (χ0) is 19.6. The van der Waals surface area contributed by atoms with Crippen molar-refractivity contribution in [3.8, 4) is 0 Å². The first kappa shape index (κ1) is 21.1. The minimum atomic E-state index is 0.528. The van der Waals surface area contributed by atoms with Crippen LogP contribution >= 0.6 is 0 Å². The van der Waals surface area contributed by atoms with Gasteiger partial charge >= 0.3 is 0 Å². The van der Waals surface area contributed by atoms with Crippen molar-refractivity contribution in [2.45, 2.75) is 64.1 Å². The largest absolute Gasteiger partial charge is 0.356 e. The van der Waals surface area contributed by atoms with Crippen LogP contribution in [0.5, 0.6) is 0 Å². The lowest BCUT2D eigenvalue weighted by Gasteiger charge is -2.34. The number of benzene rings is 1. The molecule has 5 heteroatoms. The molecule has 1 aromatic rings. The Morgan fingerprint density at radius 1 is 1.07 bits per heavy atom. The summed E-state index contributed by atoms with van der Waals surface area (Å²) in [6.07, 6.45) is 7.67. The number of hydrogen-bond acceptors (Lipinski definition) is 3. The topological polar surface area (TPSA) is 42.9 Å². The van der Waals surface area contributed by atoms with E-state index in [1.807, 2.05) is 7.05 Å². The van der Waals surface area contributed by atoms with E-state index in [-0.39, 0.29) is 0 Å². The minimum absolute atomic E-state index is 0.528. The van der Waals surface area contributed by atoms with E-state index in [4.69, 9.17) is 0 Å². The molecule has 1 atom stereocenters. The molecular weight excluding hydrogens is 346 g/mol. The number of nitrogens with one attached hydrogen (secondary N) is 2. The van der Waals surface area contributed by atoms with E-state index in [1.165, 1.54) is 57.2 Å². The first-order valence-corrected chi connectivity index (χ1v) is 11.2. The van der Waals surface area contributed by atoms with Crippen LogP contribution in [0.2, 0.25) is 0 Å². The molecule has 0 bridgehead atoms. The summed E-state index contributed by atoms with van der Waals surface area (Å²) in [4.78, 5) is 9.64. The quantitative estimate of drug-likeness (QED) is 0.430. The summed E-state index contributed by atoms with van der Waals surface area (Å²) >= 11 is 0. The lowest BCUT2D eigenvalue weighted by molar-refractivity contribution is 0.159. The van der Waals surface area contributed by atoms with Crippen molar-refractivity contribution in [3.05, 3.63) is 35.9 Å². The van der Waals surface area contributed by atoms with Gasteiger partial charge in [0.25, 0.3) is 0 Å². The van der Waals surface area contributed by atoms with E-state index in [1.54, 1.807) is 0 Å².